The molecule has 0 amide bonds. The van der Waals surface area contributed by atoms with Gasteiger partial charge in [-0.3, -0.25) is 4.98 Å². The van der Waals surface area contributed by atoms with E-state index in [0.29, 0.717) is 0 Å². The van der Waals surface area contributed by atoms with E-state index in [4.69, 9.17) is 0 Å². The van der Waals surface area contributed by atoms with Crippen molar-refractivity contribution in [2.45, 2.75) is 14.9 Å². The van der Waals surface area contributed by atoms with Gasteiger partial charge in [-0.15, -0.1) is 11.3 Å². The second-order valence-electron chi connectivity index (χ2n) is 0.676. The Morgan fingerprint density at radius 1 is 1.25 bits per heavy atom. The smallest absolute Gasteiger partial charge is 0.0791 e. The lowest BCUT2D eigenvalue weighted by atomic mass is 10.8. The number of aromatic nitrogens is 1. The lowest BCUT2D eigenvalue weighted by Crippen LogP contribution is -1.38. The third-order valence-electron chi connectivity index (χ3n) is 0.347. The fourth-order valence-electron chi connectivity index (χ4n) is 0.176. The van der Waals surface area contributed by atoms with Crippen LogP contribution in [0.4, 0.5) is 0 Å². The van der Waals surface area contributed by atoms with Crippen molar-refractivity contribution in [2.24, 2.45) is 0 Å². The van der Waals surface area contributed by atoms with Gasteiger partial charge in [0.25, 0.3) is 0 Å². The highest BCUT2D eigenvalue weighted by Crippen LogP contribution is 1.85. The van der Waals surface area contributed by atoms with E-state index in [1.54, 1.807) is 23.0 Å². The average Bonchev–Trinajstić information content (AvgIpc) is 1.76. The third-order valence-corrected chi connectivity index (χ3v) is 0.869. The second-order valence-corrected chi connectivity index (χ2v) is 1.43. The highest BCUT2D eigenvalue weighted by atomic mass is 32.1. The SMILES string of the molecule is C.C.[B].c1cscn1. The first-order valence-corrected chi connectivity index (χ1v) is 2.26. The Labute approximate surface area is 57.4 Å². The van der Waals surface area contributed by atoms with Crippen molar-refractivity contribution >= 4 is 19.7 Å². The van der Waals surface area contributed by atoms with Crippen LogP contribution in [0.1, 0.15) is 14.9 Å². The summed E-state index contributed by atoms with van der Waals surface area (Å²) in [6.07, 6.45) is 1.77. The summed E-state index contributed by atoms with van der Waals surface area (Å²) in [4.78, 5) is 3.74. The van der Waals surface area contributed by atoms with Crippen LogP contribution < -0.4 is 0 Å². The lowest BCUT2D eigenvalue weighted by molar-refractivity contribution is 1.43. The molecular weight excluding hydrogens is 117 g/mol. The molecular formula is C5H11BNS. The molecule has 0 aliphatic carbocycles. The van der Waals surface area contributed by atoms with E-state index in [1.807, 2.05) is 5.38 Å². The number of hydrogen-bond acceptors (Lipinski definition) is 2. The maximum Gasteiger partial charge on any atom is 0.0791 e. The van der Waals surface area contributed by atoms with Crippen LogP contribution in [0.25, 0.3) is 0 Å². The van der Waals surface area contributed by atoms with Gasteiger partial charge in [-0.1, -0.05) is 14.9 Å². The van der Waals surface area contributed by atoms with Crippen LogP contribution in [0.15, 0.2) is 17.1 Å². The van der Waals surface area contributed by atoms with E-state index in [1.165, 1.54) is 0 Å². The van der Waals surface area contributed by atoms with Gasteiger partial charge in [0.05, 0.1) is 5.51 Å². The van der Waals surface area contributed by atoms with Crippen LogP contribution in [0.5, 0.6) is 0 Å². The number of hydrogen-bond donors (Lipinski definition) is 0. The molecule has 0 fully saturated rings. The monoisotopic (exact) mass is 128 g/mol. The first-order chi connectivity index (χ1) is 2.50. The summed E-state index contributed by atoms with van der Waals surface area (Å²) in [7, 11) is 0. The molecule has 0 spiro atoms. The lowest BCUT2D eigenvalue weighted by Gasteiger charge is -1.41. The zero-order chi connectivity index (χ0) is 3.54. The minimum atomic E-state index is 0. The molecule has 1 rings (SSSR count). The van der Waals surface area contributed by atoms with Gasteiger partial charge < -0.3 is 0 Å². The van der Waals surface area contributed by atoms with Gasteiger partial charge >= 0.3 is 0 Å². The molecule has 0 bridgehead atoms. The Morgan fingerprint density at radius 2 is 1.88 bits per heavy atom. The molecule has 1 heterocycles. The molecule has 0 saturated carbocycles. The highest BCUT2D eigenvalue weighted by Gasteiger charge is 1.59. The molecule has 0 saturated heterocycles. The normalized spacial score (nSPS) is 5.00. The fraction of sp³-hybridized carbons (Fsp3) is 0.400. The summed E-state index contributed by atoms with van der Waals surface area (Å²) in [5, 5.41) is 1.93. The van der Waals surface area contributed by atoms with Gasteiger partial charge in [0, 0.05) is 20.0 Å². The molecule has 1 aromatic heterocycles. The molecule has 0 N–H and O–H groups in total. The quantitative estimate of drug-likeness (QED) is 0.487. The molecule has 1 aromatic rings. The van der Waals surface area contributed by atoms with Crippen molar-refractivity contribution in [3.63, 3.8) is 0 Å². The summed E-state index contributed by atoms with van der Waals surface area (Å²) in [6, 6.07) is 0. The standard InChI is InChI=1S/C3H3NS.2CH4.B/c1-2-5-3-4-1;;;/h1-3H;2*1H4;. The van der Waals surface area contributed by atoms with Crippen molar-refractivity contribution in [1.82, 2.24) is 4.98 Å². The van der Waals surface area contributed by atoms with E-state index in [9.17, 15) is 0 Å². The molecule has 3 radical (unpaired) electrons. The molecule has 3 heteroatoms. The molecule has 45 valence electrons. The number of rotatable bonds is 0. The summed E-state index contributed by atoms with van der Waals surface area (Å²) >= 11 is 1.60. The summed E-state index contributed by atoms with van der Waals surface area (Å²) < 4.78 is 0. The fourth-order valence-corrected chi connectivity index (χ4v) is 0.527. The molecule has 0 aliphatic rings. The first-order valence-electron chi connectivity index (χ1n) is 1.32. The molecule has 1 nitrogen and oxygen atoms in total. The van der Waals surface area contributed by atoms with Gasteiger partial charge in [-0.05, 0) is 0 Å². The Morgan fingerprint density at radius 3 is 2.00 bits per heavy atom. The van der Waals surface area contributed by atoms with Crippen LogP contribution >= 0.6 is 11.3 Å². The maximum atomic E-state index is 3.74. The molecule has 0 aromatic carbocycles. The van der Waals surface area contributed by atoms with Crippen molar-refractivity contribution in [3.05, 3.63) is 17.1 Å². The zero-order valence-electron chi connectivity index (χ0n) is 3.16. The van der Waals surface area contributed by atoms with Crippen LogP contribution in [0.2, 0.25) is 0 Å². The van der Waals surface area contributed by atoms with Gasteiger partial charge in [0.15, 0.2) is 0 Å². The predicted octanol–water partition coefficient (Wildman–Crippen LogP) is 2.03. The van der Waals surface area contributed by atoms with Gasteiger partial charge in [0.1, 0.15) is 0 Å². The molecule has 0 atom stereocenters. The summed E-state index contributed by atoms with van der Waals surface area (Å²) in [5.41, 5.74) is 1.79. The topological polar surface area (TPSA) is 12.9 Å². The number of thiazole rings is 1. The third kappa shape index (κ3) is 5.69. The second kappa shape index (κ2) is 9.85. The van der Waals surface area contributed by atoms with E-state index in [-0.39, 0.29) is 23.3 Å². The van der Waals surface area contributed by atoms with E-state index < -0.39 is 0 Å². The van der Waals surface area contributed by atoms with Crippen molar-refractivity contribution < 1.29 is 0 Å². The van der Waals surface area contributed by atoms with Gasteiger partial charge in [0.2, 0.25) is 0 Å². The Kier molecular flexibility index (Phi) is 19.3. The van der Waals surface area contributed by atoms with Crippen molar-refractivity contribution in [1.29, 1.82) is 0 Å². The molecule has 0 aliphatic heterocycles. The van der Waals surface area contributed by atoms with Crippen molar-refractivity contribution in [3.8, 4) is 0 Å². The maximum absolute atomic E-state index is 3.74. The van der Waals surface area contributed by atoms with Gasteiger partial charge in [-0.25, -0.2) is 0 Å². The minimum Gasteiger partial charge on any atom is -0.253 e. The summed E-state index contributed by atoms with van der Waals surface area (Å²) in [5.74, 6) is 0. The minimum absolute atomic E-state index is 0. The Bertz CT molecular complexity index is 68.9. The van der Waals surface area contributed by atoms with Crippen molar-refractivity contribution in [2.75, 3.05) is 0 Å². The van der Waals surface area contributed by atoms with Crippen LogP contribution in [-0.4, -0.2) is 13.4 Å². The Hall–Kier alpha value is -0.305. The van der Waals surface area contributed by atoms with Crippen LogP contribution in [0.3, 0.4) is 0 Å². The largest absolute Gasteiger partial charge is 0.253 e. The predicted molar refractivity (Wildman–Crippen MR) is 41.3 cm³/mol. The average molecular weight is 128 g/mol. The first kappa shape index (κ1) is 15.6. The van der Waals surface area contributed by atoms with E-state index in [0.717, 1.165) is 0 Å². The summed E-state index contributed by atoms with van der Waals surface area (Å²) in [6.45, 7) is 0. The molecule has 0 unspecified atom stereocenters. The van der Waals surface area contributed by atoms with E-state index in [2.05, 4.69) is 4.98 Å². The molecule has 8 heavy (non-hydrogen) atoms. The van der Waals surface area contributed by atoms with Gasteiger partial charge in [-0.2, -0.15) is 0 Å². The highest BCUT2D eigenvalue weighted by molar-refractivity contribution is 7.07. The Balaban J connectivity index is -0.0000000833. The van der Waals surface area contributed by atoms with Crippen LogP contribution in [0, 0.1) is 0 Å². The zero-order valence-corrected chi connectivity index (χ0v) is 3.98. The van der Waals surface area contributed by atoms with Crippen LogP contribution in [-0.2, 0) is 0 Å². The van der Waals surface area contributed by atoms with E-state index >= 15 is 0 Å². The number of nitrogens with zero attached hydrogens (tertiary/aromatic N) is 1.